The fourth-order valence-electron chi connectivity index (χ4n) is 16.7. The van der Waals surface area contributed by atoms with E-state index < -0.39 is 0 Å². The third-order valence-electron chi connectivity index (χ3n) is 22.3. The Balaban J connectivity index is 1.08. The molecule has 6 N–H and O–H groups in total. The number of fused-ring (bicyclic) bond motifs is 2. The van der Waals surface area contributed by atoms with Crippen LogP contribution in [-0.4, -0.2) is 175 Å². The van der Waals surface area contributed by atoms with E-state index >= 15 is 0 Å². The SMILES string of the molecule is CC[C@H](C)[C@H]1CN[C@@H](CC(C)C)C(C)NCC2[C@@H](C(=O)N3CCCCC3)C(C)N2[C@@H](C2CCCC2)C(C)NC2(CCCC2)CNCCNC=CC(CCc2ccc(OC)nc2)=NC=CN(C)C=C(CC2CCCCC2)N(C)C=C2CCCN2[C@@H](C)C(C)N1. The van der Waals surface area contributed by atoms with Crippen LogP contribution in [0.25, 0.3) is 0 Å². The maximum atomic E-state index is 15.0. The van der Waals surface area contributed by atoms with Gasteiger partial charge in [-0.3, -0.25) is 14.7 Å². The van der Waals surface area contributed by atoms with Gasteiger partial charge in [0.1, 0.15) is 0 Å². The van der Waals surface area contributed by atoms with Gasteiger partial charge in [0.05, 0.1) is 13.0 Å². The summed E-state index contributed by atoms with van der Waals surface area (Å²) < 4.78 is 5.37. The molecule has 3 aliphatic carbocycles. The number of nitrogens with one attached hydrogen (secondary N) is 6. The van der Waals surface area contributed by atoms with Crippen LogP contribution in [0.4, 0.5) is 0 Å². The minimum atomic E-state index is 0.00560. The topological polar surface area (TPSA) is 140 Å². The smallest absolute Gasteiger partial charge is 0.228 e. The van der Waals surface area contributed by atoms with Crippen molar-refractivity contribution in [2.45, 2.75) is 270 Å². The van der Waals surface area contributed by atoms with Gasteiger partial charge in [-0.25, -0.2) is 4.98 Å². The number of pyridine rings is 1. The quantitative estimate of drug-likeness (QED) is 0.118. The first-order valence-electron chi connectivity index (χ1n) is 36.1. The molecule has 1 spiro atoms. The summed E-state index contributed by atoms with van der Waals surface area (Å²) in [5.41, 5.74) is 5.01. The summed E-state index contributed by atoms with van der Waals surface area (Å²) >= 11 is 0. The molecule has 1 aromatic rings. The number of hydrogen-bond acceptors (Lipinski definition) is 14. The van der Waals surface area contributed by atoms with E-state index in [9.17, 15) is 4.79 Å². The Bertz CT molecular complexity index is 2370. The average molecular weight is 1220 g/mol. The van der Waals surface area contributed by atoms with Gasteiger partial charge in [-0.1, -0.05) is 98.0 Å². The average Bonchev–Trinajstić information content (AvgIpc) is 0.879. The zero-order valence-corrected chi connectivity index (χ0v) is 57.6. The van der Waals surface area contributed by atoms with Crippen LogP contribution in [-0.2, 0) is 11.2 Å². The maximum Gasteiger partial charge on any atom is 0.228 e. The Kier molecular flexibility index (Phi) is 27.9. The second kappa shape index (κ2) is 35.2. The Morgan fingerprint density at radius 1 is 0.795 bits per heavy atom. The number of allylic oxidation sites excluding steroid dienone is 3. The lowest BCUT2D eigenvalue weighted by atomic mass is 9.74. The molecule has 5 heterocycles. The van der Waals surface area contributed by atoms with Crippen molar-refractivity contribution in [2.75, 3.05) is 73.6 Å². The Hall–Kier alpha value is -3.99. The third-order valence-corrected chi connectivity index (χ3v) is 22.3. The molecular weight excluding hydrogens is 1090 g/mol. The lowest BCUT2D eigenvalue weighted by Gasteiger charge is -2.60. The van der Waals surface area contributed by atoms with Gasteiger partial charge in [-0.15, -0.1) is 0 Å². The van der Waals surface area contributed by atoms with Crippen LogP contribution < -0.4 is 36.6 Å². The predicted octanol–water partition coefficient (Wildman–Crippen LogP) is 11.6. The van der Waals surface area contributed by atoms with E-state index in [-0.39, 0.29) is 35.6 Å². The minimum Gasteiger partial charge on any atom is -0.481 e. The van der Waals surface area contributed by atoms with Crippen molar-refractivity contribution < 1.29 is 9.53 Å². The zero-order chi connectivity index (χ0) is 62.6. The molecule has 0 radical (unpaired) electrons. The van der Waals surface area contributed by atoms with Crippen LogP contribution in [0.1, 0.15) is 209 Å². The number of aliphatic imine (C=N–C) groups is 1. The van der Waals surface area contributed by atoms with Crippen LogP contribution in [0.2, 0.25) is 0 Å². The van der Waals surface area contributed by atoms with E-state index in [1.165, 1.54) is 108 Å². The number of rotatable bonds is 12. The molecule has 8 rings (SSSR count). The lowest BCUT2D eigenvalue weighted by Crippen LogP contribution is -2.76. The van der Waals surface area contributed by atoms with E-state index in [1.807, 2.05) is 18.5 Å². The highest BCUT2D eigenvalue weighted by molar-refractivity contribution is 5.95. The lowest BCUT2D eigenvalue weighted by molar-refractivity contribution is -0.162. The van der Waals surface area contributed by atoms with E-state index in [2.05, 4.69) is 175 Å². The van der Waals surface area contributed by atoms with Gasteiger partial charge in [-0.05, 0) is 160 Å². The number of aryl methyl sites for hydroxylation is 1. The molecule has 15 nitrogen and oxygen atoms in total. The number of ether oxygens (including phenoxy) is 1. The fourth-order valence-corrected chi connectivity index (χ4v) is 16.7. The summed E-state index contributed by atoms with van der Waals surface area (Å²) in [6.45, 7) is 29.1. The number of amides is 1. The third kappa shape index (κ3) is 19.8. The summed E-state index contributed by atoms with van der Waals surface area (Å²) in [4.78, 5) is 37.1. The van der Waals surface area contributed by atoms with Crippen molar-refractivity contribution in [3.8, 4) is 5.88 Å². The number of carbonyl (C=O) groups excluding carboxylic acids is 1. The Labute approximate surface area is 536 Å². The van der Waals surface area contributed by atoms with Crippen LogP contribution in [0.5, 0.6) is 5.88 Å². The van der Waals surface area contributed by atoms with Gasteiger partial charge in [0.2, 0.25) is 11.8 Å². The second-order valence-electron chi connectivity index (χ2n) is 29.3. The van der Waals surface area contributed by atoms with Crippen LogP contribution in [0.15, 0.2) is 71.8 Å². The molecular formula is C73H127N13O2. The van der Waals surface area contributed by atoms with Crippen molar-refractivity contribution >= 4 is 11.6 Å². The molecule has 0 bridgehead atoms. The van der Waals surface area contributed by atoms with E-state index in [1.54, 1.807) is 7.11 Å². The highest BCUT2D eigenvalue weighted by Gasteiger charge is 2.56. The predicted molar refractivity (Wildman–Crippen MR) is 367 cm³/mol. The Morgan fingerprint density at radius 2 is 1.53 bits per heavy atom. The molecule has 7 aliphatic rings. The van der Waals surface area contributed by atoms with E-state index in [4.69, 9.17) is 9.73 Å². The van der Waals surface area contributed by atoms with Crippen molar-refractivity contribution in [1.29, 1.82) is 0 Å². The van der Waals surface area contributed by atoms with E-state index in [0.717, 1.165) is 115 Å². The Morgan fingerprint density at radius 3 is 2.24 bits per heavy atom. The number of nitrogens with zero attached hydrogens (tertiary/aromatic N) is 7. The fraction of sp³-hybridized carbons (Fsp3) is 0.795. The summed E-state index contributed by atoms with van der Waals surface area (Å²) in [5, 5.41) is 24.8. The highest BCUT2D eigenvalue weighted by Crippen LogP contribution is 2.44. The minimum absolute atomic E-state index is 0.00560. The first-order chi connectivity index (χ1) is 42.6. The number of aromatic nitrogens is 1. The number of piperidine rings is 1. The first kappa shape index (κ1) is 69.9. The molecule has 4 aliphatic heterocycles. The number of carbonyl (C=O) groups is 1. The molecule has 15 heteroatoms. The number of likely N-dealkylation sites (tertiary alicyclic amines) is 1. The molecule has 3 saturated heterocycles. The number of hydrogen-bond donors (Lipinski definition) is 6. The summed E-state index contributed by atoms with van der Waals surface area (Å²) in [5.74, 6) is 3.42. The molecule has 5 unspecified atom stereocenters. The van der Waals surface area contributed by atoms with Gasteiger partial charge >= 0.3 is 0 Å². The van der Waals surface area contributed by atoms with Crippen LogP contribution >= 0.6 is 0 Å². The van der Waals surface area contributed by atoms with Gasteiger partial charge in [-0.2, -0.15) is 0 Å². The molecule has 3 saturated carbocycles. The largest absolute Gasteiger partial charge is 0.481 e. The molecule has 6 fully saturated rings. The van der Waals surface area contributed by atoms with Gasteiger partial charge < -0.3 is 56.2 Å². The zero-order valence-electron chi connectivity index (χ0n) is 57.6. The summed E-state index contributed by atoms with van der Waals surface area (Å²) in [7, 11) is 6.12. The van der Waals surface area contributed by atoms with Gasteiger partial charge in [0, 0.05) is 181 Å². The number of methoxy groups -OCH3 is 1. The normalized spacial score (nSPS) is 31.1. The summed E-state index contributed by atoms with van der Waals surface area (Å²) in [6, 6.07) is 6.55. The first-order valence-corrected chi connectivity index (χ1v) is 36.1. The van der Waals surface area contributed by atoms with Crippen LogP contribution in [0, 0.1) is 29.6 Å². The summed E-state index contributed by atoms with van der Waals surface area (Å²) in [6.07, 6.45) is 42.5. The van der Waals surface area contributed by atoms with Crippen molar-refractivity contribution in [1.82, 2.24) is 61.4 Å². The molecule has 496 valence electrons. The standard InChI is InChI=1S/C73H127N13O2/c1-13-54(4)67-48-78-66(45-53(2)3)56(6)77-49-68-70(72(87)84-41-22-15-23-42-84)59(9)86(68)71(62-27-18-19-28-62)57(7)81-73(35-20-21-36-73)52-75-39-38-74-37-34-63(32-30-61-31-33-69(88-12)79-47-61)76-40-44-82(10)50-65(46-60-25-16-14-17-26-60)83(11)51-64-29-24-43-85(64)58(8)55(5)80-67/h31,33-34,37,40,44,47,50-51,53-60,62,66-68,70-71,74-75,77-78,80-81H,13-30,32,35-36,38-39,41-43,45-46,48-49,52H2,1-12H3/t54-,55?,56?,57?,58-,59?,66-,67+,68?,70-,71+/m0/s1. The van der Waals surface area contributed by atoms with Crippen molar-refractivity contribution in [3.05, 3.63) is 72.4 Å². The van der Waals surface area contributed by atoms with E-state index in [0.29, 0.717) is 65.7 Å². The monoisotopic (exact) mass is 1220 g/mol. The molecule has 1 amide bonds. The molecule has 1 aromatic heterocycles. The van der Waals surface area contributed by atoms with Gasteiger partial charge in [0.25, 0.3) is 0 Å². The van der Waals surface area contributed by atoms with Crippen molar-refractivity contribution in [3.63, 3.8) is 0 Å². The second-order valence-corrected chi connectivity index (χ2v) is 29.3. The highest BCUT2D eigenvalue weighted by atomic mass is 16.5. The van der Waals surface area contributed by atoms with Gasteiger partial charge in [0.15, 0.2) is 0 Å². The van der Waals surface area contributed by atoms with Crippen LogP contribution in [0.3, 0.4) is 0 Å². The molecule has 0 aromatic carbocycles. The maximum absolute atomic E-state index is 15.0. The van der Waals surface area contributed by atoms with Crippen molar-refractivity contribution in [2.24, 2.45) is 34.6 Å². The molecule has 11 atom stereocenters. The molecule has 88 heavy (non-hydrogen) atoms.